The Bertz CT molecular complexity index is 897. The van der Waals surface area contributed by atoms with Gasteiger partial charge in [0, 0.05) is 15.4 Å². The minimum atomic E-state index is -0.488. The lowest BCUT2D eigenvalue weighted by atomic mass is 10.2. The molecular formula is C14H6BrCl2FN2OS2. The van der Waals surface area contributed by atoms with Crippen LogP contribution in [0.4, 0.5) is 9.52 Å². The summed E-state index contributed by atoms with van der Waals surface area (Å²) in [4.78, 5) is 16.5. The van der Waals surface area contributed by atoms with Crippen molar-refractivity contribution in [1.29, 1.82) is 0 Å². The van der Waals surface area contributed by atoms with Gasteiger partial charge in [-0.1, -0.05) is 23.2 Å². The molecule has 0 saturated heterocycles. The van der Waals surface area contributed by atoms with E-state index in [9.17, 15) is 9.18 Å². The number of anilines is 1. The average molecular weight is 452 g/mol. The van der Waals surface area contributed by atoms with Crippen molar-refractivity contribution in [2.45, 2.75) is 0 Å². The molecule has 0 aliphatic carbocycles. The molecule has 3 rings (SSSR count). The number of amides is 1. The van der Waals surface area contributed by atoms with Crippen LogP contribution in [0.25, 0.3) is 11.3 Å². The fourth-order valence-corrected chi connectivity index (χ4v) is 4.42. The molecule has 3 aromatic rings. The number of nitrogens with zero attached hydrogens (tertiary/aromatic N) is 1. The molecule has 1 N–H and O–H groups in total. The summed E-state index contributed by atoms with van der Waals surface area (Å²) in [6, 6.07) is 5.62. The lowest BCUT2D eigenvalue weighted by Crippen LogP contribution is -2.12. The Morgan fingerprint density at radius 3 is 2.78 bits per heavy atom. The van der Waals surface area contributed by atoms with Crippen LogP contribution in [0.1, 0.15) is 10.4 Å². The van der Waals surface area contributed by atoms with Gasteiger partial charge in [-0.05, 0) is 40.2 Å². The minimum absolute atomic E-state index is 0.193. The van der Waals surface area contributed by atoms with Crippen LogP contribution in [0.5, 0.6) is 0 Å². The first-order chi connectivity index (χ1) is 10.9. The van der Waals surface area contributed by atoms with Crippen LogP contribution in [0.2, 0.25) is 8.67 Å². The molecule has 0 saturated carbocycles. The number of hydrogen-bond acceptors (Lipinski definition) is 4. The molecule has 118 valence electrons. The van der Waals surface area contributed by atoms with Crippen molar-refractivity contribution in [2.24, 2.45) is 0 Å². The predicted molar refractivity (Wildman–Crippen MR) is 97.5 cm³/mol. The number of halogens is 4. The Hall–Kier alpha value is -0.990. The Kier molecular flexibility index (Phi) is 5.03. The molecule has 0 spiro atoms. The number of aromatic nitrogens is 1. The van der Waals surface area contributed by atoms with Gasteiger partial charge >= 0.3 is 0 Å². The number of thiazole rings is 1. The van der Waals surface area contributed by atoms with Crippen LogP contribution < -0.4 is 5.32 Å². The van der Waals surface area contributed by atoms with E-state index in [-0.39, 0.29) is 5.56 Å². The fourth-order valence-electron chi connectivity index (χ4n) is 1.81. The smallest absolute Gasteiger partial charge is 0.258 e. The monoisotopic (exact) mass is 450 g/mol. The van der Waals surface area contributed by atoms with Crippen molar-refractivity contribution in [2.75, 3.05) is 5.32 Å². The van der Waals surface area contributed by atoms with Crippen molar-refractivity contribution in [3.63, 3.8) is 0 Å². The summed E-state index contributed by atoms with van der Waals surface area (Å²) in [5, 5.41) is 4.79. The zero-order valence-electron chi connectivity index (χ0n) is 11.1. The molecule has 23 heavy (non-hydrogen) atoms. The summed E-state index contributed by atoms with van der Waals surface area (Å²) in [5.74, 6) is -0.940. The molecule has 0 atom stereocenters. The first-order valence-electron chi connectivity index (χ1n) is 6.11. The third-order valence-corrected chi connectivity index (χ3v) is 5.77. The topological polar surface area (TPSA) is 42.0 Å². The van der Waals surface area contributed by atoms with E-state index in [0.717, 1.165) is 6.07 Å². The zero-order chi connectivity index (χ0) is 16.6. The lowest BCUT2D eigenvalue weighted by Gasteiger charge is -2.04. The summed E-state index contributed by atoms with van der Waals surface area (Å²) in [5.41, 5.74) is 1.53. The van der Waals surface area contributed by atoms with E-state index in [0.29, 0.717) is 29.5 Å². The molecule has 0 radical (unpaired) electrons. The highest BCUT2D eigenvalue weighted by Crippen LogP contribution is 2.39. The van der Waals surface area contributed by atoms with Crippen LogP contribution in [0, 0.1) is 5.82 Å². The van der Waals surface area contributed by atoms with Gasteiger partial charge < -0.3 is 0 Å². The van der Waals surface area contributed by atoms with Crippen LogP contribution in [0.15, 0.2) is 34.1 Å². The number of carbonyl (C=O) groups is 1. The normalized spacial score (nSPS) is 10.8. The van der Waals surface area contributed by atoms with Crippen molar-refractivity contribution >= 4 is 72.8 Å². The summed E-state index contributed by atoms with van der Waals surface area (Å²) < 4.78 is 14.9. The Balaban J connectivity index is 1.83. The SMILES string of the molecule is O=C(Nc1nc(-c2cc(Cl)sc2Cl)cs1)c1cc(F)ccc1Br. The molecule has 9 heteroatoms. The maximum atomic E-state index is 13.3. The third-order valence-electron chi connectivity index (χ3n) is 2.83. The number of rotatable bonds is 3. The number of nitrogens with one attached hydrogen (secondary N) is 1. The van der Waals surface area contributed by atoms with E-state index in [4.69, 9.17) is 23.2 Å². The molecule has 2 heterocycles. The van der Waals surface area contributed by atoms with E-state index in [1.165, 1.54) is 34.8 Å². The minimum Gasteiger partial charge on any atom is -0.298 e. The Labute approximate surface area is 157 Å². The molecule has 0 unspecified atom stereocenters. The largest absolute Gasteiger partial charge is 0.298 e. The van der Waals surface area contributed by atoms with Gasteiger partial charge in [0.25, 0.3) is 5.91 Å². The molecular weight excluding hydrogens is 446 g/mol. The summed E-state index contributed by atoms with van der Waals surface area (Å²) in [7, 11) is 0. The molecule has 1 amide bonds. The maximum Gasteiger partial charge on any atom is 0.258 e. The van der Waals surface area contributed by atoms with E-state index in [1.54, 1.807) is 11.4 Å². The van der Waals surface area contributed by atoms with Gasteiger partial charge in [0.2, 0.25) is 0 Å². The van der Waals surface area contributed by atoms with E-state index in [1.807, 2.05) is 0 Å². The highest BCUT2D eigenvalue weighted by Gasteiger charge is 2.15. The Morgan fingerprint density at radius 1 is 1.30 bits per heavy atom. The third kappa shape index (κ3) is 3.75. The molecule has 0 aliphatic heterocycles. The predicted octanol–water partition coefficient (Wildman–Crippen LogP) is 6.33. The van der Waals surface area contributed by atoms with Crippen molar-refractivity contribution in [3.05, 3.63) is 54.2 Å². The second kappa shape index (κ2) is 6.86. The average Bonchev–Trinajstić information content (AvgIpc) is 3.07. The quantitative estimate of drug-likeness (QED) is 0.505. The number of benzene rings is 1. The van der Waals surface area contributed by atoms with Crippen LogP contribution in [-0.4, -0.2) is 10.9 Å². The zero-order valence-corrected chi connectivity index (χ0v) is 15.8. The highest BCUT2D eigenvalue weighted by atomic mass is 79.9. The Morgan fingerprint density at radius 2 is 2.09 bits per heavy atom. The summed E-state index contributed by atoms with van der Waals surface area (Å²) >= 11 is 17.7. The first-order valence-corrected chi connectivity index (χ1v) is 9.35. The molecule has 0 aliphatic rings. The number of thiophene rings is 1. The van der Waals surface area contributed by atoms with Gasteiger partial charge in [0.1, 0.15) is 10.2 Å². The molecule has 3 nitrogen and oxygen atoms in total. The number of hydrogen-bond donors (Lipinski definition) is 1. The van der Waals surface area contributed by atoms with Crippen LogP contribution >= 0.6 is 61.8 Å². The second-order valence-electron chi connectivity index (χ2n) is 4.35. The maximum absolute atomic E-state index is 13.3. The lowest BCUT2D eigenvalue weighted by molar-refractivity contribution is 0.102. The summed E-state index contributed by atoms with van der Waals surface area (Å²) in [6.07, 6.45) is 0. The van der Waals surface area contributed by atoms with Gasteiger partial charge in [0.05, 0.1) is 15.6 Å². The second-order valence-corrected chi connectivity index (χ2v) is 8.35. The molecule has 0 bridgehead atoms. The molecule has 2 aromatic heterocycles. The summed E-state index contributed by atoms with van der Waals surface area (Å²) in [6.45, 7) is 0. The standard InChI is InChI=1S/C14H6BrCl2FN2OS2/c15-9-2-1-6(18)3-7(9)13(21)20-14-19-10(5-22-14)8-4-11(16)23-12(8)17/h1-5H,(H,19,20,21). The van der Waals surface area contributed by atoms with Crippen molar-refractivity contribution < 1.29 is 9.18 Å². The van der Waals surface area contributed by atoms with Crippen molar-refractivity contribution in [3.8, 4) is 11.3 Å². The fraction of sp³-hybridized carbons (Fsp3) is 0. The van der Waals surface area contributed by atoms with Crippen molar-refractivity contribution in [1.82, 2.24) is 4.98 Å². The van der Waals surface area contributed by atoms with Crippen LogP contribution in [-0.2, 0) is 0 Å². The van der Waals surface area contributed by atoms with Crippen LogP contribution in [0.3, 0.4) is 0 Å². The molecule has 0 fully saturated rings. The van der Waals surface area contributed by atoms with E-state index in [2.05, 4.69) is 26.2 Å². The van der Waals surface area contributed by atoms with Gasteiger partial charge in [-0.2, -0.15) is 0 Å². The van der Waals surface area contributed by atoms with Gasteiger partial charge in [0.15, 0.2) is 5.13 Å². The highest BCUT2D eigenvalue weighted by molar-refractivity contribution is 9.10. The van der Waals surface area contributed by atoms with Gasteiger partial charge in [-0.25, -0.2) is 9.37 Å². The number of carbonyl (C=O) groups excluding carboxylic acids is 1. The van der Waals surface area contributed by atoms with Gasteiger partial charge in [-0.3, -0.25) is 10.1 Å². The first kappa shape index (κ1) is 16.9. The molecule has 1 aromatic carbocycles. The van der Waals surface area contributed by atoms with E-state index >= 15 is 0 Å². The van der Waals surface area contributed by atoms with E-state index < -0.39 is 11.7 Å². The van der Waals surface area contributed by atoms with Gasteiger partial charge in [-0.15, -0.1) is 22.7 Å².